The molecule has 2 rings (SSSR count). The van der Waals surface area contributed by atoms with Crippen molar-refractivity contribution >= 4 is 5.91 Å². The van der Waals surface area contributed by atoms with Gasteiger partial charge in [0.25, 0.3) is 0 Å². The SMILES string of the molecule is Cc1cc(-c2cncc(F)c2)ccc1C(N)=O. The highest BCUT2D eigenvalue weighted by Gasteiger charge is 2.07. The number of aromatic nitrogens is 1. The molecular weight excluding hydrogens is 219 g/mol. The summed E-state index contributed by atoms with van der Waals surface area (Å²) in [5.74, 6) is -0.856. The maximum Gasteiger partial charge on any atom is 0.248 e. The van der Waals surface area contributed by atoms with E-state index in [1.807, 2.05) is 0 Å². The van der Waals surface area contributed by atoms with Crippen molar-refractivity contribution in [2.75, 3.05) is 0 Å². The number of hydrogen-bond acceptors (Lipinski definition) is 2. The summed E-state index contributed by atoms with van der Waals surface area (Å²) in [6.45, 7) is 1.79. The molecule has 17 heavy (non-hydrogen) atoms. The fourth-order valence-corrected chi connectivity index (χ4v) is 1.69. The zero-order valence-corrected chi connectivity index (χ0v) is 9.27. The smallest absolute Gasteiger partial charge is 0.248 e. The first-order valence-electron chi connectivity index (χ1n) is 5.09. The molecule has 0 radical (unpaired) electrons. The summed E-state index contributed by atoms with van der Waals surface area (Å²) in [5.41, 5.74) is 7.93. The summed E-state index contributed by atoms with van der Waals surface area (Å²) in [6, 6.07) is 6.55. The van der Waals surface area contributed by atoms with Crippen molar-refractivity contribution in [2.45, 2.75) is 6.92 Å². The van der Waals surface area contributed by atoms with Gasteiger partial charge in [-0.2, -0.15) is 0 Å². The van der Waals surface area contributed by atoms with Crippen LogP contribution in [0.15, 0.2) is 36.7 Å². The Morgan fingerprint density at radius 2 is 2.00 bits per heavy atom. The molecule has 0 aliphatic carbocycles. The van der Waals surface area contributed by atoms with Gasteiger partial charge in [-0.3, -0.25) is 9.78 Å². The number of nitrogens with zero attached hydrogens (tertiary/aromatic N) is 1. The van der Waals surface area contributed by atoms with E-state index in [2.05, 4.69) is 4.98 Å². The molecule has 0 saturated heterocycles. The molecule has 0 aliphatic rings. The summed E-state index contributed by atoms with van der Waals surface area (Å²) in [7, 11) is 0. The largest absolute Gasteiger partial charge is 0.366 e. The van der Waals surface area contributed by atoms with Crippen LogP contribution in [0.2, 0.25) is 0 Å². The van der Waals surface area contributed by atoms with Crippen LogP contribution < -0.4 is 5.73 Å². The van der Waals surface area contributed by atoms with Crippen LogP contribution in [0.4, 0.5) is 4.39 Å². The molecule has 1 heterocycles. The minimum absolute atomic E-state index is 0.390. The van der Waals surface area contributed by atoms with Gasteiger partial charge in [0.2, 0.25) is 5.91 Å². The van der Waals surface area contributed by atoms with Gasteiger partial charge in [0, 0.05) is 17.3 Å². The second kappa shape index (κ2) is 4.33. The van der Waals surface area contributed by atoms with E-state index < -0.39 is 5.91 Å². The summed E-state index contributed by atoms with van der Waals surface area (Å²) < 4.78 is 13.0. The Kier molecular flexibility index (Phi) is 2.87. The van der Waals surface area contributed by atoms with E-state index in [1.165, 1.54) is 6.07 Å². The van der Waals surface area contributed by atoms with E-state index in [0.29, 0.717) is 11.1 Å². The van der Waals surface area contributed by atoms with Crippen LogP contribution in [-0.2, 0) is 0 Å². The average Bonchev–Trinajstić information content (AvgIpc) is 2.28. The summed E-state index contributed by atoms with van der Waals surface area (Å²) in [5, 5.41) is 0. The standard InChI is InChI=1S/C13H11FN2O/c1-8-4-9(2-3-12(8)13(15)17)10-5-11(14)7-16-6-10/h2-7H,1H3,(H2,15,17). The number of carbonyl (C=O) groups is 1. The lowest BCUT2D eigenvalue weighted by Gasteiger charge is -2.06. The third kappa shape index (κ3) is 2.30. The number of pyridine rings is 1. The van der Waals surface area contributed by atoms with Crippen molar-refractivity contribution in [3.63, 3.8) is 0 Å². The van der Waals surface area contributed by atoms with Crippen molar-refractivity contribution in [1.29, 1.82) is 0 Å². The van der Waals surface area contributed by atoms with E-state index in [1.54, 1.807) is 31.3 Å². The van der Waals surface area contributed by atoms with Gasteiger partial charge in [0.1, 0.15) is 5.82 Å². The first kappa shape index (κ1) is 11.3. The zero-order valence-electron chi connectivity index (χ0n) is 9.27. The van der Waals surface area contributed by atoms with Crippen molar-refractivity contribution in [1.82, 2.24) is 4.98 Å². The number of benzene rings is 1. The van der Waals surface area contributed by atoms with Crippen molar-refractivity contribution in [3.8, 4) is 11.1 Å². The van der Waals surface area contributed by atoms with E-state index in [0.717, 1.165) is 17.3 Å². The summed E-state index contributed by atoms with van der Waals surface area (Å²) >= 11 is 0. The number of primary amides is 1. The lowest BCUT2D eigenvalue weighted by atomic mass is 10.0. The summed E-state index contributed by atoms with van der Waals surface area (Å²) in [4.78, 5) is 14.9. The molecule has 86 valence electrons. The monoisotopic (exact) mass is 230 g/mol. The lowest BCUT2D eigenvalue weighted by molar-refractivity contribution is 0.1000. The fourth-order valence-electron chi connectivity index (χ4n) is 1.69. The second-order valence-electron chi connectivity index (χ2n) is 3.79. The molecule has 0 spiro atoms. The molecule has 1 aromatic heterocycles. The van der Waals surface area contributed by atoms with E-state index >= 15 is 0 Å². The van der Waals surface area contributed by atoms with Gasteiger partial charge < -0.3 is 5.73 Å². The van der Waals surface area contributed by atoms with Gasteiger partial charge >= 0.3 is 0 Å². The Morgan fingerprint density at radius 1 is 1.24 bits per heavy atom. The van der Waals surface area contributed by atoms with Crippen LogP contribution in [-0.4, -0.2) is 10.9 Å². The second-order valence-corrected chi connectivity index (χ2v) is 3.79. The minimum Gasteiger partial charge on any atom is -0.366 e. The van der Waals surface area contributed by atoms with Crippen LogP contribution in [0.1, 0.15) is 15.9 Å². The maximum atomic E-state index is 13.0. The first-order valence-corrected chi connectivity index (χ1v) is 5.09. The molecule has 1 aromatic carbocycles. The van der Waals surface area contributed by atoms with Gasteiger partial charge in [-0.25, -0.2) is 4.39 Å². The predicted molar refractivity (Wildman–Crippen MR) is 62.9 cm³/mol. The molecule has 0 saturated carbocycles. The number of carbonyl (C=O) groups excluding carboxylic acids is 1. The van der Waals surface area contributed by atoms with Gasteiger partial charge in [0.15, 0.2) is 0 Å². The lowest BCUT2D eigenvalue weighted by Crippen LogP contribution is -2.12. The van der Waals surface area contributed by atoms with Gasteiger partial charge in [-0.05, 0) is 30.2 Å². The molecule has 0 bridgehead atoms. The van der Waals surface area contributed by atoms with Crippen molar-refractivity contribution in [3.05, 3.63) is 53.6 Å². The Bertz CT molecular complexity index is 581. The molecule has 2 aromatic rings. The van der Waals surface area contributed by atoms with Crippen molar-refractivity contribution in [2.24, 2.45) is 5.73 Å². The zero-order chi connectivity index (χ0) is 12.4. The Labute approximate surface area is 98.1 Å². The molecule has 0 atom stereocenters. The first-order chi connectivity index (χ1) is 8.08. The highest BCUT2D eigenvalue weighted by molar-refractivity contribution is 5.94. The predicted octanol–water partition coefficient (Wildman–Crippen LogP) is 2.30. The van der Waals surface area contributed by atoms with E-state index in [-0.39, 0.29) is 5.82 Å². The van der Waals surface area contributed by atoms with Gasteiger partial charge in [-0.15, -0.1) is 0 Å². The Morgan fingerprint density at radius 3 is 2.59 bits per heavy atom. The Hall–Kier alpha value is -2.23. The number of nitrogens with two attached hydrogens (primary N) is 1. The molecule has 0 aliphatic heterocycles. The molecule has 3 nitrogen and oxygen atoms in total. The normalized spacial score (nSPS) is 10.2. The molecule has 4 heteroatoms. The van der Waals surface area contributed by atoms with Gasteiger partial charge in [-0.1, -0.05) is 12.1 Å². The molecular formula is C13H11FN2O. The number of aryl methyl sites for hydroxylation is 1. The van der Waals surface area contributed by atoms with Crippen LogP contribution in [0, 0.1) is 12.7 Å². The van der Waals surface area contributed by atoms with E-state index in [9.17, 15) is 9.18 Å². The fraction of sp³-hybridized carbons (Fsp3) is 0.0769. The maximum absolute atomic E-state index is 13.0. The third-order valence-corrected chi connectivity index (χ3v) is 2.53. The minimum atomic E-state index is -0.466. The Balaban J connectivity index is 2.48. The number of hydrogen-bond donors (Lipinski definition) is 1. The highest BCUT2D eigenvalue weighted by atomic mass is 19.1. The average molecular weight is 230 g/mol. The quantitative estimate of drug-likeness (QED) is 0.860. The van der Waals surface area contributed by atoms with Crippen LogP contribution in [0.5, 0.6) is 0 Å². The molecule has 2 N–H and O–H groups in total. The van der Waals surface area contributed by atoms with Crippen LogP contribution in [0.25, 0.3) is 11.1 Å². The topological polar surface area (TPSA) is 56.0 Å². The highest BCUT2D eigenvalue weighted by Crippen LogP contribution is 2.22. The van der Waals surface area contributed by atoms with Crippen LogP contribution >= 0.6 is 0 Å². The number of amides is 1. The molecule has 1 amide bonds. The number of rotatable bonds is 2. The van der Waals surface area contributed by atoms with E-state index in [4.69, 9.17) is 5.73 Å². The van der Waals surface area contributed by atoms with Crippen LogP contribution in [0.3, 0.4) is 0 Å². The molecule has 0 fully saturated rings. The van der Waals surface area contributed by atoms with Gasteiger partial charge in [0.05, 0.1) is 6.20 Å². The van der Waals surface area contributed by atoms with Crippen molar-refractivity contribution < 1.29 is 9.18 Å². The third-order valence-electron chi connectivity index (χ3n) is 2.53. The summed E-state index contributed by atoms with van der Waals surface area (Å²) in [6.07, 6.45) is 2.72. The molecule has 0 unspecified atom stereocenters. The number of halogens is 1.